The van der Waals surface area contributed by atoms with Crippen LogP contribution in [0.2, 0.25) is 0 Å². The molecule has 0 saturated carbocycles. The quantitative estimate of drug-likeness (QED) is 0.854. The minimum atomic E-state index is -0.0559. The second kappa shape index (κ2) is 7.30. The van der Waals surface area contributed by atoms with E-state index in [1.54, 1.807) is 10.9 Å². The molecule has 1 atom stereocenters. The average Bonchev–Trinajstić information content (AvgIpc) is 2.85. The van der Waals surface area contributed by atoms with Gasteiger partial charge in [-0.3, -0.25) is 9.48 Å². The van der Waals surface area contributed by atoms with E-state index < -0.39 is 0 Å². The van der Waals surface area contributed by atoms with Crippen molar-refractivity contribution in [2.24, 2.45) is 13.0 Å². The third-order valence-corrected chi connectivity index (χ3v) is 4.80. The summed E-state index contributed by atoms with van der Waals surface area (Å²) in [6, 6.07) is 1.88. The molecule has 0 spiro atoms. The zero-order chi connectivity index (χ0) is 17.1. The van der Waals surface area contributed by atoms with Crippen LogP contribution in [0.5, 0.6) is 0 Å². The summed E-state index contributed by atoms with van der Waals surface area (Å²) in [7, 11) is 1.86. The summed E-state index contributed by atoms with van der Waals surface area (Å²) in [6.45, 7) is 8.40. The maximum absolute atomic E-state index is 12.3. The molecule has 2 aromatic heterocycles. The van der Waals surface area contributed by atoms with Gasteiger partial charge >= 0.3 is 0 Å². The minimum absolute atomic E-state index is 0.0559. The molecule has 1 aliphatic rings. The molecule has 0 radical (unpaired) electrons. The Bertz CT molecular complexity index is 724. The summed E-state index contributed by atoms with van der Waals surface area (Å²) >= 11 is 0. The van der Waals surface area contributed by atoms with Gasteiger partial charge < -0.3 is 10.2 Å². The number of nitrogens with zero attached hydrogens (tertiary/aromatic N) is 4. The highest BCUT2D eigenvalue weighted by Crippen LogP contribution is 2.17. The molecule has 1 aliphatic heterocycles. The van der Waals surface area contributed by atoms with Gasteiger partial charge in [0.2, 0.25) is 0 Å². The number of amides is 1. The molecule has 1 amide bonds. The van der Waals surface area contributed by atoms with E-state index in [9.17, 15) is 4.79 Å². The highest BCUT2D eigenvalue weighted by Gasteiger charge is 2.16. The van der Waals surface area contributed by atoms with Gasteiger partial charge in [-0.2, -0.15) is 5.10 Å². The van der Waals surface area contributed by atoms with Crippen molar-refractivity contribution in [2.75, 3.05) is 26.2 Å². The van der Waals surface area contributed by atoms with Gasteiger partial charge in [-0.1, -0.05) is 6.92 Å². The van der Waals surface area contributed by atoms with Crippen molar-refractivity contribution >= 4 is 16.9 Å². The Balaban J connectivity index is 1.51. The van der Waals surface area contributed by atoms with E-state index in [2.05, 4.69) is 27.2 Å². The van der Waals surface area contributed by atoms with E-state index in [1.807, 2.05) is 20.0 Å². The Kier molecular flexibility index (Phi) is 5.14. The number of fused-ring (bicyclic) bond motifs is 1. The topological polar surface area (TPSA) is 63.1 Å². The molecule has 2 aromatic rings. The first-order valence-electron chi connectivity index (χ1n) is 8.84. The fraction of sp³-hybridized carbons (Fsp3) is 0.611. The molecular weight excluding hydrogens is 302 g/mol. The average molecular weight is 329 g/mol. The number of pyridine rings is 1. The van der Waals surface area contributed by atoms with E-state index in [-0.39, 0.29) is 5.91 Å². The van der Waals surface area contributed by atoms with Crippen LogP contribution in [-0.2, 0) is 7.05 Å². The lowest BCUT2D eigenvalue weighted by atomic mass is 10.0. The van der Waals surface area contributed by atoms with Crippen molar-refractivity contribution < 1.29 is 4.79 Å². The summed E-state index contributed by atoms with van der Waals surface area (Å²) in [4.78, 5) is 19.2. The van der Waals surface area contributed by atoms with Crippen molar-refractivity contribution in [3.63, 3.8) is 0 Å². The molecule has 130 valence electrons. The number of hydrogen-bond donors (Lipinski definition) is 1. The maximum atomic E-state index is 12.3. The summed E-state index contributed by atoms with van der Waals surface area (Å²) in [5.74, 6) is 0.744. The van der Waals surface area contributed by atoms with Gasteiger partial charge in [0.25, 0.3) is 5.91 Å². The lowest BCUT2D eigenvalue weighted by Gasteiger charge is -2.30. The third-order valence-electron chi connectivity index (χ3n) is 4.80. The van der Waals surface area contributed by atoms with Crippen molar-refractivity contribution in [2.45, 2.75) is 33.1 Å². The fourth-order valence-electron chi connectivity index (χ4n) is 3.53. The van der Waals surface area contributed by atoms with E-state index >= 15 is 0 Å². The number of nitrogens with one attached hydrogen (secondary N) is 1. The largest absolute Gasteiger partial charge is 0.352 e. The van der Waals surface area contributed by atoms with Gasteiger partial charge in [-0.05, 0) is 51.3 Å². The zero-order valence-corrected chi connectivity index (χ0v) is 14.9. The summed E-state index contributed by atoms with van der Waals surface area (Å²) in [5, 5.41) is 8.29. The second-order valence-corrected chi connectivity index (χ2v) is 6.96. The number of piperidine rings is 1. The number of likely N-dealkylation sites (tertiary alicyclic amines) is 1. The highest BCUT2D eigenvalue weighted by atomic mass is 16.1. The number of rotatable bonds is 5. The molecule has 6 nitrogen and oxygen atoms in total. The second-order valence-electron chi connectivity index (χ2n) is 6.96. The maximum Gasteiger partial charge on any atom is 0.252 e. The molecule has 0 aromatic carbocycles. The van der Waals surface area contributed by atoms with Crippen molar-refractivity contribution in [3.05, 3.63) is 23.5 Å². The van der Waals surface area contributed by atoms with Crippen LogP contribution in [0.1, 0.15) is 42.2 Å². The molecule has 0 aliphatic carbocycles. The van der Waals surface area contributed by atoms with Crippen LogP contribution in [0.3, 0.4) is 0 Å². The van der Waals surface area contributed by atoms with E-state index in [4.69, 9.17) is 0 Å². The van der Waals surface area contributed by atoms with E-state index in [0.29, 0.717) is 12.1 Å². The lowest BCUT2D eigenvalue weighted by Crippen LogP contribution is -2.36. The fourth-order valence-corrected chi connectivity index (χ4v) is 3.53. The van der Waals surface area contributed by atoms with Gasteiger partial charge in [0.05, 0.1) is 11.3 Å². The van der Waals surface area contributed by atoms with Crippen LogP contribution in [-0.4, -0.2) is 51.8 Å². The monoisotopic (exact) mass is 329 g/mol. The molecule has 3 heterocycles. The lowest BCUT2D eigenvalue weighted by molar-refractivity contribution is 0.0950. The van der Waals surface area contributed by atoms with Crippen molar-refractivity contribution in [3.8, 4) is 0 Å². The van der Waals surface area contributed by atoms with Crippen LogP contribution >= 0.6 is 0 Å². The minimum Gasteiger partial charge on any atom is -0.352 e. The van der Waals surface area contributed by atoms with Gasteiger partial charge in [-0.25, -0.2) is 4.98 Å². The predicted octanol–water partition coefficient (Wildman–Crippen LogP) is 2.13. The Hall–Kier alpha value is -1.95. The molecule has 3 rings (SSSR count). The third kappa shape index (κ3) is 3.75. The zero-order valence-electron chi connectivity index (χ0n) is 14.9. The molecule has 0 unspecified atom stereocenters. The van der Waals surface area contributed by atoms with Crippen LogP contribution in [0, 0.1) is 12.8 Å². The Morgan fingerprint density at radius 2 is 2.29 bits per heavy atom. The highest BCUT2D eigenvalue weighted by molar-refractivity contribution is 5.97. The number of aromatic nitrogens is 3. The number of hydrogen-bond acceptors (Lipinski definition) is 4. The molecule has 0 bridgehead atoms. The van der Waals surface area contributed by atoms with E-state index in [1.165, 1.54) is 25.9 Å². The molecule has 6 heteroatoms. The molecule has 1 fully saturated rings. The van der Waals surface area contributed by atoms with Crippen LogP contribution in [0.4, 0.5) is 0 Å². The normalized spacial score (nSPS) is 18.9. The number of aryl methyl sites for hydroxylation is 2. The molecule has 1 saturated heterocycles. The molecule has 24 heavy (non-hydrogen) atoms. The predicted molar refractivity (Wildman–Crippen MR) is 95.0 cm³/mol. The first-order chi connectivity index (χ1) is 11.5. The first-order valence-corrected chi connectivity index (χ1v) is 8.84. The standard InChI is InChI=1S/C18H27N5O/c1-13-6-4-8-23(12-13)9-5-7-19-18(24)15-10-16-14(2)21-22(3)17(16)20-11-15/h10-11,13H,4-9,12H2,1-3H3,(H,19,24)/t13-/m0/s1. The first kappa shape index (κ1) is 16.9. The number of carbonyl (C=O) groups excluding carboxylic acids is 1. The summed E-state index contributed by atoms with van der Waals surface area (Å²) in [6.07, 6.45) is 5.26. The molecule has 1 N–H and O–H groups in total. The van der Waals surface area contributed by atoms with Crippen molar-refractivity contribution in [1.29, 1.82) is 0 Å². The van der Waals surface area contributed by atoms with Gasteiger partial charge in [0.1, 0.15) is 0 Å². The van der Waals surface area contributed by atoms with Crippen molar-refractivity contribution in [1.82, 2.24) is 25.0 Å². The SMILES string of the molecule is Cc1nn(C)c2ncc(C(=O)NCCCN3CCC[C@H](C)C3)cc12. The smallest absolute Gasteiger partial charge is 0.252 e. The summed E-state index contributed by atoms with van der Waals surface area (Å²) in [5.41, 5.74) is 2.31. The van der Waals surface area contributed by atoms with Gasteiger partial charge in [0, 0.05) is 31.7 Å². The summed E-state index contributed by atoms with van der Waals surface area (Å²) < 4.78 is 1.74. The van der Waals surface area contributed by atoms with Gasteiger partial charge in [-0.15, -0.1) is 0 Å². The Morgan fingerprint density at radius 1 is 1.46 bits per heavy atom. The Labute approximate surface area is 143 Å². The van der Waals surface area contributed by atoms with Crippen LogP contribution < -0.4 is 5.32 Å². The molecular formula is C18H27N5O. The Morgan fingerprint density at radius 3 is 3.08 bits per heavy atom. The van der Waals surface area contributed by atoms with Gasteiger partial charge in [0.15, 0.2) is 5.65 Å². The van der Waals surface area contributed by atoms with Crippen LogP contribution in [0.15, 0.2) is 12.3 Å². The number of carbonyl (C=O) groups is 1. The van der Waals surface area contributed by atoms with E-state index in [0.717, 1.165) is 35.6 Å². The van der Waals surface area contributed by atoms with Crippen LogP contribution in [0.25, 0.3) is 11.0 Å².